The van der Waals surface area contributed by atoms with Gasteiger partial charge in [-0.25, -0.2) is 14.5 Å². The quantitative estimate of drug-likeness (QED) is 0.174. The fourth-order valence-corrected chi connectivity index (χ4v) is 6.21. The molecule has 0 saturated carbocycles. The minimum absolute atomic E-state index is 0.00623. The summed E-state index contributed by atoms with van der Waals surface area (Å²) < 4.78 is 11.7. The molecule has 0 bridgehead atoms. The Balaban J connectivity index is 1.09. The van der Waals surface area contributed by atoms with E-state index in [-0.39, 0.29) is 38.3 Å². The number of aliphatic carboxylic acids is 1. The number of nitrogens with one attached hydrogen (secondary N) is 2. The minimum Gasteiger partial charge on any atom is -0.495 e. The number of methoxy groups -OCH3 is 1. The number of ether oxygens (including phenoxy) is 2. The molecular weight excluding hydrogens is 735 g/mol. The molecule has 0 spiro atoms. The average molecular weight is 769 g/mol. The first-order valence-corrected chi connectivity index (χ1v) is 16.2. The molecule has 0 aromatic heterocycles. The van der Waals surface area contributed by atoms with E-state index in [1.165, 1.54) is 12.0 Å². The number of carboxylic acids is 1. The summed E-state index contributed by atoms with van der Waals surface area (Å²) in [4.78, 5) is 77.5. The number of benzene rings is 3. The molecule has 3 N–H and O–H groups in total. The van der Waals surface area contributed by atoms with Crippen LogP contribution in [-0.2, 0) is 28.7 Å². The van der Waals surface area contributed by atoms with Crippen molar-refractivity contribution < 1.29 is 43.3 Å². The Hall–Kier alpha value is -4.99. The smallest absolute Gasteiger partial charge is 0.332 e. The third-order valence-electron chi connectivity index (χ3n) is 8.13. The van der Waals surface area contributed by atoms with Crippen molar-refractivity contribution in [2.24, 2.45) is 0 Å². The lowest BCUT2D eigenvalue weighted by molar-refractivity contribution is -0.146. The summed E-state index contributed by atoms with van der Waals surface area (Å²) >= 11 is 2.09. The van der Waals surface area contributed by atoms with Crippen LogP contribution in [0, 0.1) is 3.57 Å². The van der Waals surface area contributed by atoms with Crippen LogP contribution in [0.25, 0.3) is 11.1 Å². The van der Waals surface area contributed by atoms with Gasteiger partial charge in [0.2, 0.25) is 17.7 Å². The molecule has 13 nitrogen and oxygen atoms in total. The van der Waals surface area contributed by atoms with Gasteiger partial charge in [-0.05, 0) is 63.0 Å². The Morgan fingerprint density at radius 3 is 2.27 bits per heavy atom. The molecule has 5 rings (SSSR count). The van der Waals surface area contributed by atoms with Crippen molar-refractivity contribution in [1.29, 1.82) is 0 Å². The molecular formula is C34H33IN4O9. The van der Waals surface area contributed by atoms with Crippen molar-refractivity contribution in [2.75, 3.05) is 31.8 Å². The number of carbonyl (C=O) groups is 6. The maximum absolute atomic E-state index is 13.2. The summed E-state index contributed by atoms with van der Waals surface area (Å²) in [7, 11) is 1.46. The first-order valence-electron chi connectivity index (χ1n) is 15.2. The van der Waals surface area contributed by atoms with Crippen LogP contribution >= 0.6 is 22.6 Å². The maximum atomic E-state index is 13.2. The van der Waals surface area contributed by atoms with Crippen LogP contribution in [0.2, 0.25) is 0 Å². The number of halogens is 1. The number of hydrogen-bond acceptors (Lipinski definition) is 8. The molecule has 1 saturated heterocycles. The van der Waals surface area contributed by atoms with Crippen molar-refractivity contribution in [2.45, 2.75) is 37.6 Å². The topological polar surface area (TPSA) is 172 Å². The number of nitrogens with zero attached hydrogens (tertiary/aromatic N) is 2. The number of anilines is 1. The zero-order valence-electron chi connectivity index (χ0n) is 25.9. The molecule has 1 atom stereocenters. The molecule has 3 aromatic carbocycles. The largest absolute Gasteiger partial charge is 0.495 e. The van der Waals surface area contributed by atoms with Crippen molar-refractivity contribution in [3.63, 3.8) is 0 Å². The lowest BCUT2D eigenvalue weighted by atomic mass is 9.98. The fraction of sp³-hybridized carbons (Fsp3) is 0.294. The van der Waals surface area contributed by atoms with Crippen LogP contribution in [0.15, 0.2) is 66.7 Å². The lowest BCUT2D eigenvalue weighted by Crippen LogP contribution is -2.56. The second kappa shape index (κ2) is 15.3. The Bertz CT molecular complexity index is 1720. The number of hydrogen-bond donors (Lipinski definition) is 3. The van der Waals surface area contributed by atoms with E-state index in [2.05, 4.69) is 33.2 Å². The van der Waals surface area contributed by atoms with E-state index in [0.29, 0.717) is 11.4 Å². The SMILES string of the molecule is COc1ccc(I)cc1N1CCC(=O)N(CNC(=O)C[C@H](NC(=O)CCC(=O)OCC2c3ccccc3-c3ccccc32)C(=O)O)C1=O. The number of amides is 5. The van der Waals surface area contributed by atoms with Gasteiger partial charge in [0.1, 0.15) is 25.1 Å². The molecule has 2 aliphatic rings. The number of urea groups is 1. The zero-order valence-corrected chi connectivity index (χ0v) is 28.1. The summed E-state index contributed by atoms with van der Waals surface area (Å²) in [6.07, 6.45) is -1.32. The summed E-state index contributed by atoms with van der Waals surface area (Å²) in [5, 5.41) is 14.3. The predicted octanol–water partition coefficient (Wildman–Crippen LogP) is 3.63. The number of carbonyl (C=O) groups excluding carboxylic acids is 5. The van der Waals surface area contributed by atoms with Gasteiger partial charge in [-0.3, -0.25) is 24.1 Å². The van der Waals surface area contributed by atoms with Gasteiger partial charge in [0.25, 0.3) is 0 Å². The van der Waals surface area contributed by atoms with E-state index in [4.69, 9.17) is 9.47 Å². The van der Waals surface area contributed by atoms with Gasteiger partial charge in [-0.2, -0.15) is 0 Å². The van der Waals surface area contributed by atoms with E-state index in [1.54, 1.807) is 18.2 Å². The van der Waals surface area contributed by atoms with Crippen LogP contribution in [0.4, 0.5) is 10.5 Å². The van der Waals surface area contributed by atoms with Gasteiger partial charge in [0.05, 0.1) is 25.6 Å². The van der Waals surface area contributed by atoms with Crippen molar-refractivity contribution >= 4 is 64.0 Å². The molecule has 48 heavy (non-hydrogen) atoms. The predicted molar refractivity (Wildman–Crippen MR) is 181 cm³/mol. The standard InChI is InChI=1S/C34H33IN4O9/c1-47-28-11-10-20(35)16-27(28)38-15-14-31(42)39(34(38)46)19-36-30(41)17-26(33(44)45)37-29(40)12-13-32(43)48-18-25-23-8-4-2-6-21(23)22-7-3-5-9-24(22)25/h2-11,16,25-26H,12-15,17-19H2,1H3,(H,36,41)(H,37,40)(H,44,45)/t26-/m0/s1. The van der Waals surface area contributed by atoms with E-state index >= 15 is 0 Å². The molecule has 1 heterocycles. The van der Waals surface area contributed by atoms with E-state index in [9.17, 15) is 33.9 Å². The second-order valence-electron chi connectivity index (χ2n) is 11.2. The van der Waals surface area contributed by atoms with Gasteiger partial charge in [-0.1, -0.05) is 48.5 Å². The lowest BCUT2D eigenvalue weighted by Gasteiger charge is -2.34. The first kappa shape index (κ1) is 34.3. The monoisotopic (exact) mass is 768 g/mol. The highest BCUT2D eigenvalue weighted by molar-refractivity contribution is 14.1. The van der Waals surface area contributed by atoms with Gasteiger partial charge < -0.3 is 25.2 Å². The summed E-state index contributed by atoms with van der Waals surface area (Å²) in [6.45, 7) is -0.298. The number of rotatable bonds is 13. The molecule has 0 unspecified atom stereocenters. The number of esters is 1. The maximum Gasteiger partial charge on any atom is 0.332 e. The van der Waals surface area contributed by atoms with Crippen molar-refractivity contribution in [3.05, 3.63) is 81.4 Å². The molecule has 250 valence electrons. The zero-order chi connectivity index (χ0) is 34.4. The molecule has 14 heteroatoms. The van der Waals surface area contributed by atoms with E-state index < -0.39 is 54.8 Å². The van der Waals surface area contributed by atoms with Crippen LogP contribution in [0.3, 0.4) is 0 Å². The van der Waals surface area contributed by atoms with Crippen LogP contribution in [0.1, 0.15) is 42.7 Å². The normalized spacial score (nSPS) is 14.5. The average Bonchev–Trinajstić information content (AvgIpc) is 3.39. The van der Waals surface area contributed by atoms with Gasteiger partial charge in [0.15, 0.2) is 0 Å². The van der Waals surface area contributed by atoms with Crippen LogP contribution < -0.4 is 20.3 Å². The first-order chi connectivity index (χ1) is 23.1. The van der Waals surface area contributed by atoms with Gasteiger partial charge >= 0.3 is 18.0 Å². The van der Waals surface area contributed by atoms with E-state index in [0.717, 1.165) is 30.7 Å². The molecule has 3 aromatic rings. The summed E-state index contributed by atoms with van der Waals surface area (Å²) in [5.74, 6) is -3.89. The molecule has 1 aliphatic heterocycles. The summed E-state index contributed by atoms with van der Waals surface area (Å²) in [6, 6.07) is 18.7. The van der Waals surface area contributed by atoms with Gasteiger partial charge in [0, 0.05) is 28.9 Å². The number of fused-ring (bicyclic) bond motifs is 3. The molecule has 1 aliphatic carbocycles. The van der Waals surface area contributed by atoms with Crippen LogP contribution in [-0.4, -0.2) is 78.7 Å². The number of carboxylic acid groups (broad SMARTS) is 1. The Morgan fingerprint density at radius 2 is 1.62 bits per heavy atom. The highest BCUT2D eigenvalue weighted by atomic mass is 127. The third-order valence-corrected chi connectivity index (χ3v) is 8.80. The molecule has 1 fully saturated rings. The van der Waals surface area contributed by atoms with E-state index in [1.807, 2.05) is 48.5 Å². The highest BCUT2D eigenvalue weighted by Crippen LogP contribution is 2.44. The Kier molecular flexibility index (Phi) is 10.9. The Labute approximate surface area is 289 Å². The fourth-order valence-electron chi connectivity index (χ4n) is 5.74. The Morgan fingerprint density at radius 1 is 0.958 bits per heavy atom. The van der Waals surface area contributed by atoms with Crippen LogP contribution in [0.5, 0.6) is 5.75 Å². The molecule has 5 amide bonds. The van der Waals surface area contributed by atoms with Gasteiger partial charge in [-0.15, -0.1) is 0 Å². The highest BCUT2D eigenvalue weighted by Gasteiger charge is 2.35. The molecule has 0 radical (unpaired) electrons. The minimum atomic E-state index is -1.61. The second-order valence-corrected chi connectivity index (χ2v) is 12.4. The van der Waals surface area contributed by atoms with Crippen molar-refractivity contribution in [1.82, 2.24) is 15.5 Å². The van der Waals surface area contributed by atoms with Crippen molar-refractivity contribution in [3.8, 4) is 16.9 Å². The number of imide groups is 1. The third kappa shape index (κ3) is 7.75. The summed E-state index contributed by atoms with van der Waals surface area (Å²) in [5.41, 5.74) is 4.71.